The third-order valence-corrected chi connectivity index (χ3v) is 5.17. The molecule has 1 N–H and O–H groups in total. The van der Waals surface area contributed by atoms with Crippen molar-refractivity contribution in [3.63, 3.8) is 0 Å². The van der Waals surface area contributed by atoms with Gasteiger partial charge in [0.05, 0.1) is 10.7 Å². The molecule has 0 aromatic heterocycles. The zero-order valence-corrected chi connectivity index (χ0v) is 11.4. The average molecular weight is 254 g/mol. The topological polar surface area (TPSA) is 15.3 Å². The van der Waals surface area contributed by atoms with Gasteiger partial charge >= 0.3 is 0 Å². The molecule has 88 valence electrons. The molecule has 1 aliphatic heterocycles. The van der Waals surface area contributed by atoms with Gasteiger partial charge < -0.3 is 5.43 Å². The van der Waals surface area contributed by atoms with Crippen molar-refractivity contribution >= 4 is 29.2 Å². The van der Waals surface area contributed by atoms with Gasteiger partial charge in [0.2, 0.25) is 0 Å². The highest BCUT2D eigenvalue weighted by Crippen LogP contribution is 2.29. The van der Waals surface area contributed by atoms with Crippen LogP contribution in [0.1, 0.15) is 13.8 Å². The van der Waals surface area contributed by atoms with Crippen LogP contribution in [0.3, 0.4) is 0 Å². The highest BCUT2D eigenvalue weighted by molar-refractivity contribution is 8.04. The Hall–Kier alpha value is -0.320. The van der Waals surface area contributed by atoms with E-state index >= 15 is 0 Å². The molecule has 4 heteroatoms. The van der Waals surface area contributed by atoms with Crippen LogP contribution in [0.15, 0.2) is 30.3 Å². The highest BCUT2D eigenvalue weighted by atomic mass is 32.2. The first-order valence-electron chi connectivity index (χ1n) is 5.60. The highest BCUT2D eigenvalue weighted by Gasteiger charge is 2.23. The Kier molecular flexibility index (Phi) is 4.44. The Labute approximate surface area is 106 Å². The number of hydrazine groups is 1. The Morgan fingerprint density at radius 3 is 2.19 bits per heavy atom. The van der Waals surface area contributed by atoms with E-state index in [4.69, 9.17) is 0 Å². The van der Waals surface area contributed by atoms with Crippen molar-refractivity contribution in [2.75, 3.05) is 16.9 Å². The molecule has 1 aliphatic rings. The van der Waals surface area contributed by atoms with E-state index in [-0.39, 0.29) is 0 Å². The van der Waals surface area contributed by atoms with E-state index in [2.05, 4.69) is 48.5 Å². The molecule has 2 nitrogen and oxygen atoms in total. The molecule has 0 radical (unpaired) electrons. The van der Waals surface area contributed by atoms with Crippen LogP contribution < -0.4 is 5.43 Å². The molecule has 0 spiro atoms. The monoisotopic (exact) mass is 254 g/mol. The van der Waals surface area contributed by atoms with Gasteiger partial charge in [-0.3, -0.25) is 0 Å². The molecule has 2 atom stereocenters. The maximum absolute atomic E-state index is 3.51. The fourth-order valence-corrected chi connectivity index (χ4v) is 4.06. The fourth-order valence-electron chi connectivity index (χ4n) is 1.74. The van der Waals surface area contributed by atoms with Gasteiger partial charge in [-0.05, 0) is 26.0 Å². The third-order valence-electron chi connectivity index (χ3n) is 2.62. The number of nitrogens with zero attached hydrogens (tertiary/aromatic N) is 1. The van der Waals surface area contributed by atoms with Crippen LogP contribution in [0.2, 0.25) is 0 Å². The van der Waals surface area contributed by atoms with Crippen LogP contribution in [-0.2, 0) is 0 Å². The molecule has 0 amide bonds. The minimum Gasteiger partial charge on any atom is -0.317 e. The summed E-state index contributed by atoms with van der Waals surface area (Å²) in [6.07, 6.45) is 0. The number of thioether (sulfide) groups is 2. The molecule has 1 fully saturated rings. The summed E-state index contributed by atoms with van der Waals surface area (Å²) in [7, 11) is 0. The largest absolute Gasteiger partial charge is 0.317 e. The van der Waals surface area contributed by atoms with E-state index in [0.717, 1.165) is 0 Å². The zero-order valence-electron chi connectivity index (χ0n) is 9.72. The molecule has 0 saturated carbocycles. The molecule has 1 aromatic carbocycles. The molecular weight excluding hydrogens is 236 g/mol. The van der Waals surface area contributed by atoms with E-state index in [1.165, 1.54) is 17.2 Å². The van der Waals surface area contributed by atoms with Gasteiger partial charge in [-0.2, -0.15) is 5.01 Å². The molecule has 2 rings (SSSR count). The number of nitrogens with one attached hydrogen (secondary N) is 1. The van der Waals surface area contributed by atoms with Crippen molar-refractivity contribution in [1.82, 2.24) is 5.01 Å². The van der Waals surface area contributed by atoms with Crippen molar-refractivity contribution in [3.8, 4) is 0 Å². The number of anilines is 1. The van der Waals surface area contributed by atoms with E-state index in [1.54, 1.807) is 0 Å². The SMILES string of the molecule is CC1SCCSC(C)N1Nc1ccccc1. The second-order valence-corrected chi connectivity index (χ2v) is 6.67. The van der Waals surface area contributed by atoms with Crippen LogP contribution in [0.4, 0.5) is 5.69 Å². The van der Waals surface area contributed by atoms with E-state index in [1.807, 2.05) is 29.6 Å². The summed E-state index contributed by atoms with van der Waals surface area (Å²) in [6.45, 7) is 4.53. The summed E-state index contributed by atoms with van der Waals surface area (Å²) in [5.74, 6) is 2.48. The molecule has 0 aliphatic carbocycles. The van der Waals surface area contributed by atoms with E-state index in [9.17, 15) is 0 Å². The molecule has 2 unspecified atom stereocenters. The summed E-state index contributed by atoms with van der Waals surface area (Å²) in [6, 6.07) is 10.4. The van der Waals surface area contributed by atoms with Crippen molar-refractivity contribution in [2.24, 2.45) is 0 Å². The molecule has 0 bridgehead atoms. The predicted octanol–water partition coefficient (Wildman–Crippen LogP) is 3.49. The van der Waals surface area contributed by atoms with Gasteiger partial charge in [-0.15, -0.1) is 23.5 Å². The Balaban J connectivity index is 2.06. The van der Waals surface area contributed by atoms with E-state index in [0.29, 0.717) is 10.7 Å². The molecule has 1 heterocycles. The number of hydrogen-bond donors (Lipinski definition) is 1. The summed E-state index contributed by atoms with van der Waals surface area (Å²) in [4.78, 5) is 0. The summed E-state index contributed by atoms with van der Waals surface area (Å²) in [5, 5.41) is 3.38. The lowest BCUT2D eigenvalue weighted by molar-refractivity contribution is 0.317. The van der Waals surface area contributed by atoms with Gasteiger partial charge in [-0.1, -0.05) is 18.2 Å². The minimum atomic E-state index is 0.519. The number of benzene rings is 1. The van der Waals surface area contributed by atoms with Gasteiger partial charge in [0.25, 0.3) is 0 Å². The van der Waals surface area contributed by atoms with Crippen molar-refractivity contribution in [3.05, 3.63) is 30.3 Å². The Bertz CT molecular complexity index is 306. The van der Waals surface area contributed by atoms with Gasteiger partial charge in [0.15, 0.2) is 0 Å². The first kappa shape index (κ1) is 12.1. The standard InChI is InChI=1S/C12H18N2S2/c1-10-14(11(2)16-9-8-15-10)13-12-6-4-3-5-7-12/h3-7,10-11,13H,8-9H2,1-2H3. The molecule has 16 heavy (non-hydrogen) atoms. The fraction of sp³-hybridized carbons (Fsp3) is 0.500. The van der Waals surface area contributed by atoms with Crippen LogP contribution in [-0.4, -0.2) is 27.3 Å². The van der Waals surface area contributed by atoms with Gasteiger partial charge in [-0.25, -0.2) is 0 Å². The minimum absolute atomic E-state index is 0.519. The molecular formula is C12H18N2S2. The first-order chi connectivity index (χ1) is 7.77. The van der Waals surface area contributed by atoms with Crippen molar-refractivity contribution in [1.29, 1.82) is 0 Å². The number of hydrogen-bond acceptors (Lipinski definition) is 4. The molecule has 1 saturated heterocycles. The lowest BCUT2D eigenvalue weighted by Crippen LogP contribution is -2.40. The molecule has 1 aromatic rings. The summed E-state index contributed by atoms with van der Waals surface area (Å²) >= 11 is 4.03. The number of para-hydroxylation sites is 1. The third kappa shape index (κ3) is 3.09. The summed E-state index contributed by atoms with van der Waals surface area (Å²) in [5.41, 5.74) is 4.68. The van der Waals surface area contributed by atoms with Crippen LogP contribution in [0.25, 0.3) is 0 Å². The van der Waals surface area contributed by atoms with Crippen LogP contribution in [0, 0.1) is 0 Å². The van der Waals surface area contributed by atoms with Crippen LogP contribution >= 0.6 is 23.5 Å². The smallest absolute Gasteiger partial charge is 0.0728 e. The van der Waals surface area contributed by atoms with Crippen molar-refractivity contribution < 1.29 is 0 Å². The Morgan fingerprint density at radius 2 is 1.62 bits per heavy atom. The Morgan fingerprint density at radius 1 is 1.06 bits per heavy atom. The lowest BCUT2D eigenvalue weighted by atomic mass is 10.3. The van der Waals surface area contributed by atoms with Gasteiger partial charge in [0.1, 0.15) is 0 Å². The van der Waals surface area contributed by atoms with Gasteiger partial charge in [0, 0.05) is 17.2 Å². The second-order valence-electron chi connectivity index (χ2n) is 3.83. The van der Waals surface area contributed by atoms with Crippen LogP contribution in [0.5, 0.6) is 0 Å². The number of rotatable bonds is 2. The predicted molar refractivity (Wildman–Crippen MR) is 75.7 cm³/mol. The summed E-state index contributed by atoms with van der Waals surface area (Å²) < 4.78 is 0. The average Bonchev–Trinajstić information content (AvgIpc) is 2.46. The maximum Gasteiger partial charge on any atom is 0.0728 e. The maximum atomic E-state index is 3.51. The second kappa shape index (κ2) is 5.84. The normalized spacial score (nSPS) is 27.4. The van der Waals surface area contributed by atoms with Crippen molar-refractivity contribution in [2.45, 2.75) is 24.6 Å². The lowest BCUT2D eigenvalue weighted by Gasteiger charge is -2.32. The van der Waals surface area contributed by atoms with E-state index < -0.39 is 0 Å². The quantitative estimate of drug-likeness (QED) is 0.868. The first-order valence-corrected chi connectivity index (χ1v) is 7.70. The zero-order chi connectivity index (χ0) is 11.4.